The SMILES string of the molecule is CCSCC(O)(C(Nc1cccc2nc(C)ccc12)c1ccc(F)cc1OC)C(F)(F)F. The molecule has 3 rings (SSSR count). The molecule has 3 aromatic rings. The second-order valence-electron chi connectivity index (χ2n) is 7.35. The van der Waals surface area contributed by atoms with E-state index < -0.39 is 29.4 Å². The van der Waals surface area contributed by atoms with E-state index in [0.29, 0.717) is 22.3 Å². The van der Waals surface area contributed by atoms with Crippen LogP contribution < -0.4 is 10.1 Å². The number of aryl methyl sites for hydroxylation is 1. The van der Waals surface area contributed by atoms with E-state index >= 15 is 0 Å². The van der Waals surface area contributed by atoms with Gasteiger partial charge in [0.05, 0.1) is 18.7 Å². The quantitative estimate of drug-likeness (QED) is 0.404. The minimum atomic E-state index is -4.98. The fraction of sp³-hybridized carbons (Fsp3) is 0.348. The molecule has 0 bridgehead atoms. The van der Waals surface area contributed by atoms with Gasteiger partial charge < -0.3 is 15.2 Å². The first-order valence-corrected chi connectivity index (χ1v) is 11.1. The van der Waals surface area contributed by atoms with Crippen LogP contribution in [0.2, 0.25) is 0 Å². The predicted molar refractivity (Wildman–Crippen MR) is 120 cm³/mol. The Kier molecular flexibility index (Phi) is 7.19. The normalized spacial score (nSPS) is 14.8. The minimum Gasteiger partial charge on any atom is -0.496 e. The van der Waals surface area contributed by atoms with Crippen molar-refractivity contribution in [3.8, 4) is 5.75 Å². The van der Waals surface area contributed by atoms with Crippen molar-refractivity contribution in [3.63, 3.8) is 0 Å². The number of aromatic nitrogens is 1. The molecule has 0 saturated carbocycles. The molecule has 0 aliphatic rings. The number of anilines is 1. The number of aliphatic hydroxyl groups is 1. The molecule has 0 spiro atoms. The fourth-order valence-electron chi connectivity index (χ4n) is 3.50. The number of alkyl halides is 3. The van der Waals surface area contributed by atoms with Crippen LogP contribution in [0.5, 0.6) is 5.75 Å². The lowest BCUT2D eigenvalue weighted by molar-refractivity contribution is -0.256. The van der Waals surface area contributed by atoms with Crippen LogP contribution in [0.25, 0.3) is 10.9 Å². The van der Waals surface area contributed by atoms with Gasteiger partial charge in [-0.25, -0.2) is 4.39 Å². The molecule has 0 radical (unpaired) electrons. The Morgan fingerprint density at radius 2 is 1.91 bits per heavy atom. The zero-order valence-electron chi connectivity index (χ0n) is 17.8. The summed E-state index contributed by atoms with van der Waals surface area (Å²) in [6.45, 7) is 3.52. The molecule has 0 aliphatic heterocycles. The number of nitrogens with zero attached hydrogens (tertiary/aromatic N) is 1. The number of halogens is 4. The highest BCUT2D eigenvalue weighted by atomic mass is 32.2. The average Bonchev–Trinajstić information content (AvgIpc) is 2.75. The van der Waals surface area contributed by atoms with Gasteiger partial charge in [-0.1, -0.05) is 19.1 Å². The third-order valence-electron chi connectivity index (χ3n) is 5.17. The molecular weight excluding hydrogens is 444 g/mol. The van der Waals surface area contributed by atoms with Crippen molar-refractivity contribution in [1.29, 1.82) is 0 Å². The van der Waals surface area contributed by atoms with Crippen LogP contribution in [0, 0.1) is 12.7 Å². The Morgan fingerprint density at radius 1 is 1.16 bits per heavy atom. The van der Waals surface area contributed by atoms with Gasteiger partial charge in [0.2, 0.25) is 0 Å². The van der Waals surface area contributed by atoms with E-state index in [-0.39, 0.29) is 11.3 Å². The van der Waals surface area contributed by atoms with E-state index in [1.165, 1.54) is 13.2 Å². The summed E-state index contributed by atoms with van der Waals surface area (Å²) in [5, 5.41) is 14.6. The molecular formula is C23H24F4N2O2S. The van der Waals surface area contributed by atoms with E-state index in [4.69, 9.17) is 4.74 Å². The number of ether oxygens (including phenoxy) is 1. The van der Waals surface area contributed by atoms with E-state index in [2.05, 4.69) is 10.3 Å². The largest absolute Gasteiger partial charge is 0.496 e. The van der Waals surface area contributed by atoms with Crippen LogP contribution in [0.1, 0.15) is 24.2 Å². The molecule has 0 aliphatic carbocycles. The molecule has 2 unspecified atom stereocenters. The molecule has 0 fully saturated rings. The Morgan fingerprint density at radius 3 is 2.56 bits per heavy atom. The summed E-state index contributed by atoms with van der Waals surface area (Å²) >= 11 is 0.960. The van der Waals surface area contributed by atoms with Gasteiger partial charge in [0.15, 0.2) is 5.60 Å². The lowest BCUT2D eigenvalue weighted by Crippen LogP contribution is -2.54. The highest BCUT2D eigenvalue weighted by Crippen LogP contribution is 2.46. The van der Waals surface area contributed by atoms with Gasteiger partial charge in [-0.3, -0.25) is 4.98 Å². The van der Waals surface area contributed by atoms with Crippen LogP contribution in [0.4, 0.5) is 23.2 Å². The van der Waals surface area contributed by atoms with Crippen LogP contribution in [0.3, 0.4) is 0 Å². The molecule has 4 nitrogen and oxygen atoms in total. The molecule has 172 valence electrons. The van der Waals surface area contributed by atoms with Crippen molar-refractivity contribution in [2.24, 2.45) is 0 Å². The average molecular weight is 469 g/mol. The summed E-state index contributed by atoms with van der Waals surface area (Å²) in [5.74, 6) is -0.996. The second-order valence-corrected chi connectivity index (χ2v) is 8.62. The third-order valence-corrected chi connectivity index (χ3v) is 6.22. The first kappa shape index (κ1) is 24.1. The Labute approximate surface area is 188 Å². The summed E-state index contributed by atoms with van der Waals surface area (Å²) in [6, 6.07) is 10.1. The monoisotopic (exact) mass is 468 g/mol. The molecule has 2 aromatic carbocycles. The van der Waals surface area contributed by atoms with E-state index in [1.807, 2.05) is 6.92 Å². The molecule has 2 atom stereocenters. The second kappa shape index (κ2) is 9.54. The number of methoxy groups -OCH3 is 1. The predicted octanol–water partition coefficient (Wildman–Crippen LogP) is 5.89. The zero-order chi connectivity index (χ0) is 23.5. The van der Waals surface area contributed by atoms with Crippen molar-refractivity contribution in [2.45, 2.75) is 31.7 Å². The van der Waals surface area contributed by atoms with Gasteiger partial charge in [0, 0.05) is 34.2 Å². The van der Waals surface area contributed by atoms with E-state index in [0.717, 1.165) is 29.6 Å². The van der Waals surface area contributed by atoms with Crippen molar-refractivity contribution in [2.75, 3.05) is 23.9 Å². The van der Waals surface area contributed by atoms with Gasteiger partial charge in [-0.15, -0.1) is 0 Å². The van der Waals surface area contributed by atoms with Crippen LogP contribution in [-0.4, -0.2) is 40.5 Å². The van der Waals surface area contributed by atoms with Gasteiger partial charge in [-0.2, -0.15) is 24.9 Å². The van der Waals surface area contributed by atoms with Gasteiger partial charge in [0.1, 0.15) is 11.6 Å². The summed E-state index contributed by atoms with van der Waals surface area (Å²) in [6.07, 6.45) is -4.98. The highest BCUT2D eigenvalue weighted by Gasteiger charge is 2.59. The van der Waals surface area contributed by atoms with Gasteiger partial charge in [0.25, 0.3) is 0 Å². The highest BCUT2D eigenvalue weighted by molar-refractivity contribution is 7.99. The lowest BCUT2D eigenvalue weighted by Gasteiger charge is -2.39. The number of hydrogen-bond acceptors (Lipinski definition) is 5. The minimum absolute atomic E-state index is 0.0116. The maximum absolute atomic E-state index is 14.3. The van der Waals surface area contributed by atoms with E-state index in [1.54, 1.807) is 37.3 Å². The van der Waals surface area contributed by atoms with E-state index in [9.17, 15) is 22.7 Å². The third kappa shape index (κ3) is 4.78. The van der Waals surface area contributed by atoms with Crippen molar-refractivity contribution in [3.05, 3.63) is 65.6 Å². The molecule has 1 aromatic heterocycles. The first-order valence-electron chi connectivity index (χ1n) is 9.94. The molecule has 32 heavy (non-hydrogen) atoms. The smallest absolute Gasteiger partial charge is 0.420 e. The summed E-state index contributed by atoms with van der Waals surface area (Å²) in [5.41, 5.74) is -1.46. The summed E-state index contributed by atoms with van der Waals surface area (Å²) in [4.78, 5) is 4.42. The summed E-state index contributed by atoms with van der Waals surface area (Å²) in [7, 11) is 1.24. The molecule has 1 heterocycles. The number of fused-ring (bicyclic) bond motifs is 1. The topological polar surface area (TPSA) is 54.4 Å². The summed E-state index contributed by atoms with van der Waals surface area (Å²) < 4.78 is 61.9. The Balaban J connectivity index is 2.22. The number of thioether (sulfide) groups is 1. The Bertz CT molecular complexity index is 1090. The van der Waals surface area contributed by atoms with Gasteiger partial charge in [-0.05, 0) is 43.0 Å². The van der Waals surface area contributed by atoms with Crippen LogP contribution in [0.15, 0.2) is 48.5 Å². The number of nitrogens with one attached hydrogen (secondary N) is 1. The van der Waals surface area contributed by atoms with Crippen molar-refractivity contribution < 1.29 is 27.4 Å². The molecule has 9 heteroatoms. The van der Waals surface area contributed by atoms with Crippen molar-refractivity contribution in [1.82, 2.24) is 4.98 Å². The maximum atomic E-state index is 14.3. The fourth-order valence-corrected chi connectivity index (χ4v) is 4.35. The first-order chi connectivity index (χ1) is 15.1. The number of hydrogen-bond donors (Lipinski definition) is 2. The number of pyridine rings is 1. The Hall–Kier alpha value is -2.52. The van der Waals surface area contributed by atoms with Crippen LogP contribution >= 0.6 is 11.8 Å². The van der Waals surface area contributed by atoms with Crippen LogP contribution in [-0.2, 0) is 0 Å². The lowest BCUT2D eigenvalue weighted by atomic mass is 9.88. The standard InChI is InChI=1S/C23H24F4N2O2S/c1-4-32-13-22(30,23(25,26)27)21(17-11-9-15(24)12-20(17)31-3)29-19-7-5-6-18-16(19)10-8-14(2)28-18/h5-12,21,29-30H,4,13H2,1-3H3. The van der Waals surface area contributed by atoms with Crippen molar-refractivity contribution >= 4 is 28.4 Å². The molecule has 2 N–H and O–H groups in total. The van der Waals surface area contributed by atoms with Gasteiger partial charge >= 0.3 is 6.18 Å². The number of rotatable bonds is 8. The number of benzene rings is 2. The zero-order valence-corrected chi connectivity index (χ0v) is 18.6. The maximum Gasteiger partial charge on any atom is 0.420 e. The molecule has 0 saturated heterocycles. The molecule has 0 amide bonds.